The summed E-state index contributed by atoms with van der Waals surface area (Å²) >= 11 is 0. The van der Waals surface area contributed by atoms with Crippen molar-refractivity contribution in [3.05, 3.63) is 35.9 Å². The fourth-order valence-corrected chi connectivity index (χ4v) is 3.15. The number of hydrogen-bond acceptors (Lipinski definition) is 7. The monoisotopic (exact) mass is 331 g/mol. The van der Waals surface area contributed by atoms with Crippen molar-refractivity contribution in [1.29, 1.82) is 0 Å². The Morgan fingerprint density at radius 1 is 1.00 bits per heavy atom. The standard InChI is InChI=1S/C15H17N5O4/c1-9(21)14(12-7-5-4-6-8-12)15(10(2)22,11(3)23)20(19-18-14)17-13(16)24/h4-8H,1-3H3,(H3,16,17,24). The van der Waals surface area contributed by atoms with Crippen LogP contribution in [0.5, 0.6) is 0 Å². The molecule has 0 aliphatic carbocycles. The van der Waals surface area contributed by atoms with Crippen LogP contribution in [0.25, 0.3) is 0 Å². The Labute approximate surface area is 137 Å². The first-order chi connectivity index (χ1) is 11.2. The van der Waals surface area contributed by atoms with E-state index in [1.54, 1.807) is 30.3 Å². The van der Waals surface area contributed by atoms with E-state index in [1.165, 1.54) is 6.92 Å². The normalized spacial score (nSPS) is 21.4. The molecule has 0 spiro atoms. The van der Waals surface area contributed by atoms with Crippen LogP contribution in [-0.4, -0.2) is 34.0 Å². The first kappa shape index (κ1) is 17.3. The zero-order chi connectivity index (χ0) is 18.1. The van der Waals surface area contributed by atoms with Gasteiger partial charge in [-0.3, -0.25) is 14.4 Å². The molecule has 3 N–H and O–H groups in total. The van der Waals surface area contributed by atoms with E-state index in [1.807, 2.05) is 0 Å². The molecule has 1 unspecified atom stereocenters. The summed E-state index contributed by atoms with van der Waals surface area (Å²) in [6.45, 7) is 3.47. The molecule has 1 atom stereocenters. The van der Waals surface area contributed by atoms with Gasteiger partial charge in [0.25, 0.3) is 0 Å². The molecular weight excluding hydrogens is 314 g/mol. The highest BCUT2D eigenvalue weighted by molar-refractivity contribution is 6.17. The third-order valence-corrected chi connectivity index (χ3v) is 4.06. The number of nitrogens with zero attached hydrogens (tertiary/aromatic N) is 3. The van der Waals surface area contributed by atoms with E-state index < -0.39 is 34.5 Å². The Bertz CT molecular complexity index is 731. The molecule has 1 heterocycles. The number of rotatable bonds is 5. The van der Waals surface area contributed by atoms with Gasteiger partial charge in [0.05, 0.1) is 0 Å². The minimum atomic E-state index is -2.16. The Kier molecular flexibility index (Phi) is 4.20. The van der Waals surface area contributed by atoms with Crippen molar-refractivity contribution in [3.63, 3.8) is 0 Å². The number of carbonyl (C=O) groups is 4. The van der Waals surface area contributed by atoms with Crippen molar-refractivity contribution in [1.82, 2.24) is 10.5 Å². The van der Waals surface area contributed by atoms with Gasteiger partial charge in [0.15, 0.2) is 17.3 Å². The zero-order valence-corrected chi connectivity index (χ0v) is 13.4. The van der Waals surface area contributed by atoms with Gasteiger partial charge in [-0.05, 0) is 26.3 Å². The maximum Gasteiger partial charge on any atom is 0.332 e. The van der Waals surface area contributed by atoms with Gasteiger partial charge in [-0.2, -0.15) is 5.12 Å². The molecule has 2 amide bonds. The van der Waals surface area contributed by atoms with Crippen LogP contribution in [0.3, 0.4) is 0 Å². The quantitative estimate of drug-likeness (QED) is 0.764. The van der Waals surface area contributed by atoms with Crippen molar-refractivity contribution >= 4 is 23.4 Å². The number of hydrogen-bond donors (Lipinski definition) is 2. The van der Waals surface area contributed by atoms with E-state index in [-0.39, 0.29) is 0 Å². The molecule has 0 fully saturated rings. The van der Waals surface area contributed by atoms with Crippen molar-refractivity contribution in [3.8, 4) is 0 Å². The van der Waals surface area contributed by atoms with Gasteiger partial charge in [0.2, 0.25) is 11.1 Å². The molecule has 0 saturated carbocycles. The smallest absolute Gasteiger partial charge is 0.332 e. The van der Waals surface area contributed by atoms with Crippen LogP contribution in [0.4, 0.5) is 4.79 Å². The lowest BCUT2D eigenvalue weighted by Crippen LogP contribution is -2.71. The number of carbonyl (C=O) groups excluding carboxylic acids is 4. The zero-order valence-electron chi connectivity index (χ0n) is 13.4. The molecule has 9 nitrogen and oxygen atoms in total. The molecule has 126 valence electrons. The second-order valence-corrected chi connectivity index (χ2v) is 5.43. The summed E-state index contributed by atoms with van der Waals surface area (Å²) in [5, 5.41) is 8.34. The van der Waals surface area contributed by atoms with Gasteiger partial charge >= 0.3 is 6.03 Å². The molecule has 24 heavy (non-hydrogen) atoms. The summed E-state index contributed by atoms with van der Waals surface area (Å²) in [7, 11) is 0. The number of urea groups is 1. The second kappa shape index (κ2) is 5.84. The van der Waals surface area contributed by atoms with Crippen molar-refractivity contribution in [2.75, 3.05) is 0 Å². The molecule has 0 aromatic heterocycles. The number of benzene rings is 1. The highest BCUT2D eigenvalue weighted by Gasteiger charge is 2.70. The topological polar surface area (TPSA) is 134 Å². The predicted molar refractivity (Wildman–Crippen MR) is 82.3 cm³/mol. The Hall–Kier alpha value is -3.10. The summed E-state index contributed by atoms with van der Waals surface area (Å²) in [5.74, 6) is -1.97. The molecule has 0 bridgehead atoms. The molecule has 1 aromatic rings. The largest absolute Gasteiger partial charge is 0.350 e. The third kappa shape index (κ3) is 2.08. The van der Waals surface area contributed by atoms with Crippen molar-refractivity contribution in [2.45, 2.75) is 31.8 Å². The fraction of sp³-hybridized carbons (Fsp3) is 0.333. The van der Waals surface area contributed by atoms with Gasteiger partial charge in [0, 0.05) is 0 Å². The predicted octanol–water partition coefficient (Wildman–Crippen LogP) is 0.654. The minimum Gasteiger partial charge on any atom is -0.350 e. The van der Waals surface area contributed by atoms with Crippen LogP contribution in [0, 0.1) is 0 Å². The Morgan fingerprint density at radius 3 is 1.96 bits per heavy atom. The van der Waals surface area contributed by atoms with Crippen molar-refractivity contribution < 1.29 is 19.2 Å². The van der Waals surface area contributed by atoms with Crippen LogP contribution in [-0.2, 0) is 19.9 Å². The number of amides is 2. The number of nitrogens with two attached hydrogens (primary N) is 1. The summed E-state index contributed by atoms with van der Waals surface area (Å²) in [6.07, 6.45) is 0. The maximum absolute atomic E-state index is 12.6. The van der Waals surface area contributed by atoms with Crippen molar-refractivity contribution in [2.24, 2.45) is 16.1 Å². The maximum atomic E-state index is 12.6. The van der Waals surface area contributed by atoms with E-state index in [0.29, 0.717) is 10.7 Å². The molecule has 0 saturated heterocycles. The summed E-state index contributed by atoms with van der Waals surface area (Å²) < 4.78 is 0. The van der Waals surface area contributed by atoms with Crippen LogP contribution >= 0.6 is 0 Å². The molecule has 1 aliphatic rings. The van der Waals surface area contributed by atoms with E-state index in [9.17, 15) is 19.2 Å². The average molecular weight is 331 g/mol. The molecule has 2 rings (SSSR count). The second-order valence-electron chi connectivity index (χ2n) is 5.43. The van der Waals surface area contributed by atoms with Gasteiger partial charge in [-0.1, -0.05) is 35.6 Å². The number of ketones is 3. The number of primary amides is 1. The Balaban J connectivity index is 2.85. The average Bonchev–Trinajstić information content (AvgIpc) is 2.84. The number of hydrazine groups is 1. The highest BCUT2D eigenvalue weighted by atomic mass is 16.2. The van der Waals surface area contributed by atoms with Crippen LogP contribution in [0.1, 0.15) is 26.3 Å². The lowest BCUT2D eigenvalue weighted by Gasteiger charge is -2.41. The fourth-order valence-electron chi connectivity index (χ4n) is 3.15. The molecule has 9 heteroatoms. The van der Waals surface area contributed by atoms with Crippen LogP contribution in [0.15, 0.2) is 40.7 Å². The van der Waals surface area contributed by atoms with Gasteiger partial charge in [-0.15, -0.1) is 5.11 Å². The SMILES string of the molecule is CC(=O)C1(c2ccccc2)N=NN(NC(N)=O)C1(C(C)=O)C(C)=O. The van der Waals surface area contributed by atoms with E-state index in [0.717, 1.165) is 13.8 Å². The minimum absolute atomic E-state index is 0.306. The first-order valence-corrected chi connectivity index (χ1v) is 7.09. The highest BCUT2D eigenvalue weighted by Crippen LogP contribution is 2.47. The summed E-state index contributed by atoms with van der Waals surface area (Å²) in [5.41, 5.74) is 3.41. The summed E-state index contributed by atoms with van der Waals surface area (Å²) in [4.78, 5) is 49.0. The summed E-state index contributed by atoms with van der Waals surface area (Å²) in [6, 6.07) is 7.08. The molecule has 0 radical (unpaired) electrons. The number of nitrogens with one attached hydrogen (secondary N) is 1. The van der Waals surface area contributed by atoms with E-state index >= 15 is 0 Å². The first-order valence-electron chi connectivity index (χ1n) is 7.09. The van der Waals surface area contributed by atoms with E-state index in [4.69, 9.17) is 5.73 Å². The van der Waals surface area contributed by atoms with Crippen LogP contribution in [0.2, 0.25) is 0 Å². The lowest BCUT2D eigenvalue weighted by atomic mass is 9.66. The molecule has 1 aliphatic heterocycles. The van der Waals surface area contributed by atoms with Gasteiger partial charge < -0.3 is 5.73 Å². The Morgan fingerprint density at radius 2 is 1.54 bits per heavy atom. The molecule has 1 aromatic carbocycles. The van der Waals surface area contributed by atoms with Gasteiger partial charge in [-0.25, -0.2) is 10.2 Å². The third-order valence-electron chi connectivity index (χ3n) is 4.06. The lowest BCUT2D eigenvalue weighted by molar-refractivity contribution is -0.151. The molecular formula is C15H17N5O4. The van der Waals surface area contributed by atoms with Crippen LogP contribution < -0.4 is 11.2 Å². The van der Waals surface area contributed by atoms with Gasteiger partial charge in [0.1, 0.15) is 0 Å². The number of Topliss-reactive ketones (excluding diaryl/α,β-unsaturated/α-hetero) is 3. The van der Waals surface area contributed by atoms with E-state index in [2.05, 4.69) is 15.8 Å².